The normalized spacial score (nSPS) is 11.0. The van der Waals surface area contributed by atoms with Gasteiger partial charge in [-0.05, 0) is 17.5 Å². The highest BCUT2D eigenvalue weighted by molar-refractivity contribution is 6.31. The van der Waals surface area contributed by atoms with E-state index in [4.69, 9.17) is 16.3 Å². The number of nitrogens with one attached hydrogen (secondary N) is 1. The first-order valence-corrected chi connectivity index (χ1v) is 7.51. The molecular weight excluding hydrogens is 286 g/mol. The fraction of sp³-hybridized carbons (Fsp3) is 0.438. The first-order chi connectivity index (χ1) is 10.2. The van der Waals surface area contributed by atoms with Crippen LogP contribution >= 0.6 is 11.6 Å². The summed E-state index contributed by atoms with van der Waals surface area (Å²) >= 11 is 6.35. The molecule has 2 rings (SSSR count). The first kappa shape index (κ1) is 16.0. The maximum atomic E-state index is 6.35. The van der Waals surface area contributed by atoms with E-state index >= 15 is 0 Å². The maximum absolute atomic E-state index is 6.35. The molecule has 1 N–H and O–H groups in total. The van der Waals surface area contributed by atoms with Crippen molar-refractivity contribution in [1.29, 1.82) is 0 Å². The number of hydrogen-bond acceptors (Lipinski definition) is 3. The Morgan fingerprint density at radius 3 is 2.57 bits per heavy atom. The molecule has 0 radical (unpaired) electrons. The largest absolute Gasteiger partial charge is 0.380 e. The molecule has 5 heteroatoms. The minimum absolute atomic E-state index is 0.629. The standard InChI is InChI=1S/C16H22ClN3O/c1-4-14-16(17)15(20(2)19-14)10-18-9-12-7-5-6-8-13(12)11-21-3/h5-8,18H,4,9-11H2,1-3H3. The molecule has 0 amide bonds. The summed E-state index contributed by atoms with van der Waals surface area (Å²) in [6.07, 6.45) is 0.851. The Morgan fingerprint density at radius 1 is 1.24 bits per heavy atom. The van der Waals surface area contributed by atoms with E-state index in [0.29, 0.717) is 13.2 Å². The van der Waals surface area contributed by atoms with Crippen LogP contribution in [-0.4, -0.2) is 16.9 Å². The molecule has 0 unspecified atom stereocenters. The fourth-order valence-electron chi connectivity index (χ4n) is 2.35. The van der Waals surface area contributed by atoms with E-state index in [-0.39, 0.29) is 0 Å². The van der Waals surface area contributed by atoms with Crippen molar-refractivity contribution in [2.75, 3.05) is 7.11 Å². The number of methoxy groups -OCH3 is 1. The predicted octanol–water partition coefficient (Wildman–Crippen LogP) is 3.07. The molecule has 0 saturated heterocycles. The van der Waals surface area contributed by atoms with Gasteiger partial charge >= 0.3 is 0 Å². The molecule has 0 bridgehead atoms. The Morgan fingerprint density at radius 2 is 1.95 bits per heavy atom. The molecule has 2 aromatic rings. The lowest BCUT2D eigenvalue weighted by molar-refractivity contribution is 0.184. The van der Waals surface area contributed by atoms with Crippen molar-refractivity contribution in [3.8, 4) is 0 Å². The zero-order chi connectivity index (χ0) is 15.2. The topological polar surface area (TPSA) is 39.1 Å². The SMILES string of the molecule is CCc1nn(C)c(CNCc2ccccc2COC)c1Cl. The third kappa shape index (κ3) is 3.84. The van der Waals surface area contributed by atoms with Crippen molar-refractivity contribution in [3.05, 3.63) is 51.8 Å². The zero-order valence-corrected chi connectivity index (χ0v) is 13.6. The number of benzene rings is 1. The molecule has 1 aromatic heterocycles. The van der Waals surface area contributed by atoms with Gasteiger partial charge in [0, 0.05) is 27.2 Å². The third-order valence-corrected chi connectivity index (χ3v) is 3.97. The van der Waals surface area contributed by atoms with Crippen molar-refractivity contribution in [1.82, 2.24) is 15.1 Å². The highest BCUT2D eigenvalue weighted by Gasteiger charge is 2.12. The number of ether oxygens (including phenoxy) is 1. The first-order valence-electron chi connectivity index (χ1n) is 7.14. The van der Waals surface area contributed by atoms with Gasteiger partial charge in [-0.25, -0.2) is 0 Å². The second-order valence-corrected chi connectivity index (χ2v) is 5.37. The van der Waals surface area contributed by atoms with E-state index in [1.807, 2.05) is 23.9 Å². The van der Waals surface area contributed by atoms with Gasteiger partial charge in [0.05, 0.1) is 23.0 Å². The smallest absolute Gasteiger partial charge is 0.0863 e. The van der Waals surface area contributed by atoms with E-state index in [9.17, 15) is 0 Å². The minimum Gasteiger partial charge on any atom is -0.380 e. The van der Waals surface area contributed by atoms with Crippen molar-refractivity contribution in [3.63, 3.8) is 0 Å². The molecule has 21 heavy (non-hydrogen) atoms. The lowest BCUT2D eigenvalue weighted by Crippen LogP contribution is -2.16. The van der Waals surface area contributed by atoms with E-state index < -0.39 is 0 Å². The van der Waals surface area contributed by atoms with Crippen molar-refractivity contribution in [2.45, 2.75) is 33.0 Å². The molecule has 4 nitrogen and oxygen atoms in total. The van der Waals surface area contributed by atoms with Crippen LogP contribution in [0.3, 0.4) is 0 Å². The second-order valence-electron chi connectivity index (χ2n) is 4.99. The average Bonchev–Trinajstić information content (AvgIpc) is 2.76. The van der Waals surface area contributed by atoms with Crippen molar-refractivity contribution in [2.24, 2.45) is 7.05 Å². The number of rotatable bonds is 7. The number of nitrogens with zero attached hydrogens (tertiary/aromatic N) is 2. The van der Waals surface area contributed by atoms with Crippen LogP contribution in [0.1, 0.15) is 29.4 Å². The lowest BCUT2D eigenvalue weighted by Gasteiger charge is -2.10. The van der Waals surface area contributed by atoms with Crippen LogP contribution in [0.15, 0.2) is 24.3 Å². The van der Waals surface area contributed by atoms with Crippen LogP contribution in [0.25, 0.3) is 0 Å². The van der Waals surface area contributed by atoms with Crippen LogP contribution in [-0.2, 0) is 37.9 Å². The summed E-state index contributed by atoms with van der Waals surface area (Å²) in [7, 11) is 3.65. The quantitative estimate of drug-likeness (QED) is 0.854. The molecule has 0 aliphatic carbocycles. The second kappa shape index (κ2) is 7.59. The third-order valence-electron chi connectivity index (χ3n) is 3.53. The van der Waals surface area contributed by atoms with Gasteiger partial charge in [-0.2, -0.15) is 5.10 Å². The summed E-state index contributed by atoms with van der Waals surface area (Å²) in [4.78, 5) is 0. The molecule has 0 spiro atoms. The summed E-state index contributed by atoms with van der Waals surface area (Å²) in [5, 5.41) is 8.64. The molecular formula is C16H22ClN3O. The summed E-state index contributed by atoms with van der Waals surface area (Å²) in [6, 6.07) is 8.28. The lowest BCUT2D eigenvalue weighted by atomic mass is 10.1. The number of aryl methyl sites for hydroxylation is 2. The van der Waals surface area contributed by atoms with Crippen LogP contribution in [0.4, 0.5) is 0 Å². The van der Waals surface area contributed by atoms with Crippen LogP contribution in [0.2, 0.25) is 5.02 Å². The zero-order valence-electron chi connectivity index (χ0n) is 12.8. The Bertz CT molecular complexity index is 595. The molecule has 0 fully saturated rings. The van der Waals surface area contributed by atoms with E-state index in [1.54, 1.807) is 7.11 Å². The van der Waals surface area contributed by atoms with Gasteiger partial charge in [-0.3, -0.25) is 4.68 Å². The van der Waals surface area contributed by atoms with E-state index in [1.165, 1.54) is 11.1 Å². The van der Waals surface area contributed by atoms with Crippen LogP contribution in [0.5, 0.6) is 0 Å². The molecule has 114 valence electrons. The van der Waals surface area contributed by atoms with Crippen molar-refractivity contribution >= 4 is 11.6 Å². The summed E-state index contributed by atoms with van der Waals surface area (Å²) < 4.78 is 7.08. The Kier molecular flexibility index (Phi) is 5.79. The minimum atomic E-state index is 0.629. The molecule has 0 aliphatic rings. The Balaban J connectivity index is 2.00. The Labute approximate surface area is 131 Å². The summed E-state index contributed by atoms with van der Waals surface area (Å²) in [5.41, 5.74) is 4.43. The van der Waals surface area contributed by atoms with Gasteiger partial charge in [-0.15, -0.1) is 0 Å². The van der Waals surface area contributed by atoms with Crippen LogP contribution in [0, 0.1) is 0 Å². The van der Waals surface area contributed by atoms with E-state index in [0.717, 1.165) is 29.4 Å². The molecule has 0 aliphatic heterocycles. The monoisotopic (exact) mass is 307 g/mol. The number of hydrogen-bond donors (Lipinski definition) is 1. The Hall–Kier alpha value is -1.36. The highest BCUT2D eigenvalue weighted by Crippen LogP contribution is 2.20. The molecule has 1 heterocycles. The van der Waals surface area contributed by atoms with Gasteiger partial charge < -0.3 is 10.1 Å². The summed E-state index contributed by atoms with van der Waals surface area (Å²) in [5.74, 6) is 0. The highest BCUT2D eigenvalue weighted by atomic mass is 35.5. The van der Waals surface area contributed by atoms with Gasteiger partial charge in [0.1, 0.15) is 0 Å². The average molecular weight is 308 g/mol. The van der Waals surface area contributed by atoms with Crippen molar-refractivity contribution < 1.29 is 4.74 Å². The summed E-state index contributed by atoms with van der Waals surface area (Å²) in [6.45, 7) is 4.17. The molecule has 1 aromatic carbocycles. The maximum Gasteiger partial charge on any atom is 0.0863 e. The molecule has 0 saturated carbocycles. The number of halogens is 1. The van der Waals surface area contributed by atoms with Gasteiger partial charge in [-0.1, -0.05) is 42.8 Å². The van der Waals surface area contributed by atoms with Crippen LogP contribution < -0.4 is 5.32 Å². The fourth-order valence-corrected chi connectivity index (χ4v) is 2.71. The van der Waals surface area contributed by atoms with E-state index in [2.05, 4.69) is 29.5 Å². The van der Waals surface area contributed by atoms with Gasteiger partial charge in [0.2, 0.25) is 0 Å². The van der Waals surface area contributed by atoms with Gasteiger partial charge in [0.25, 0.3) is 0 Å². The molecule has 0 atom stereocenters. The predicted molar refractivity (Wildman–Crippen MR) is 85.3 cm³/mol. The number of aromatic nitrogens is 2. The van der Waals surface area contributed by atoms with Gasteiger partial charge in [0.15, 0.2) is 0 Å².